The van der Waals surface area contributed by atoms with E-state index in [1.165, 1.54) is 0 Å². The van der Waals surface area contributed by atoms with Crippen LogP contribution in [0.15, 0.2) is 66.8 Å². The lowest BCUT2D eigenvalue weighted by Gasteiger charge is -2.22. The van der Waals surface area contributed by atoms with Gasteiger partial charge in [-0.3, -0.25) is 0 Å². The molecule has 40 heavy (non-hydrogen) atoms. The normalized spacial score (nSPS) is 12.8. The summed E-state index contributed by atoms with van der Waals surface area (Å²) in [6, 6.07) is 9.03. The third-order valence-electron chi connectivity index (χ3n) is 5.30. The second-order valence-corrected chi connectivity index (χ2v) is 9.67. The van der Waals surface area contributed by atoms with Crippen molar-refractivity contribution in [1.82, 2.24) is 0 Å². The zero-order valence-corrected chi connectivity index (χ0v) is 24.0. The topological polar surface area (TPSA) is 107 Å². The highest BCUT2D eigenvalue weighted by molar-refractivity contribution is 5.95. The molecule has 0 radical (unpaired) electrons. The van der Waals surface area contributed by atoms with Crippen LogP contribution in [0, 0.1) is 0 Å². The molecule has 0 aliphatic heterocycles. The van der Waals surface area contributed by atoms with Crippen LogP contribution in [-0.4, -0.2) is 56.0 Å². The van der Waals surface area contributed by atoms with E-state index < -0.39 is 36.2 Å². The number of hydrogen-bond donors (Lipinski definition) is 0. The van der Waals surface area contributed by atoms with E-state index in [0.29, 0.717) is 28.2 Å². The summed E-state index contributed by atoms with van der Waals surface area (Å²) in [6.45, 7) is 20.7. The summed E-state index contributed by atoms with van der Waals surface area (Å²) >= 11 is 0. The SMILES string of the molecule is C=C(C)C(=O)OC(C)COc1cc(OCC(C)OC(=O)C(=C)C)c2ccccc2c1OCC(C)OC(=O)C(=C)C. The molecule has 0 bridgehead atoms. The average Bonchev–Trinajstić information content (AvgIpc) is 2.89. The van der Waals surface area contributed by atoms with Gasteiger partial charge in [0.1, 0.15) is 43.9 Å². The van der Waals surface area contributed by atoms with E-state index in [2.05, 4.69) is 19.7 Å². The van der Waals surface area contributed by atoms with Gasteiger partial charge >= 0.3 is 17.9 Å². The number of hydrogen-bond acceptors (Lipinski definition) is 9. The second kappa shape index (κ2) is 14.8. The van der Waals surface area contributed by atoms with Crippen LogP contribution in [0.5, 0.6) is 17.2 Å². The monoisotopic (exact) mass is 554 g/mol. The molecule has 3 unspecified atom stereocenters. The van der Waals surface area contributed by atoms with Crippen molar-refractivity contribution >= 4 is 28.7 Å². The molecule has 0 saturated heterocycles. The fourth-order valence-corrected chi connectivity index (χ4v) is 3.23. The first-order chi connectivity index (χ1) is 18.8. The van der Waals surface area contributed by atoms with Gasteiger partial charge in [0.25, 0.3) is 0 Å². The van der Waals surface area contributed by atoms with Gasteiger partial charge in [0.15, 0.2) is 11.5 Å². The molecule has 0 fully saturated rings. The predicted molar refractivity (Wildman–Crippen MR) is 152 cm³/mol. The number of ether oxygens (including phenoxy) is 6. The molecule has 0 aliphatic carbocycles. The number of rotatable bonds is 15. The van der Waals surface area contributed by atoms with E-state index in [1.807, 2.05) is 24.3 Å². The number of carbonyl (C=O) groups excluding carboxylic acids is 3. The Morgan fingerprint density at radius 3 is 1.43 bits per heavy atom. The van der Waals surface area contributed by atoms with Gasteiger partial charge in [-0.05, 0) is 41.5 Å². The van der Waals surface area contributed by atoms with Gasteiger partial charge in [-0.15, -0.1) is 0 Å². The molecule has 216 valence electrons. The second-order valence-electron chi connectivity index (χ2n) is 9.67. The highest BCUT2D eigenvalue weighted by Crippen LogP contribution is 2.42. The van der Waals surface area contributed by atoms with Gasteiger partial charge in [-0.25, -0.2) is 14.4 Å². The highest BCUT2D eigenvalue weighted by Gasteiger charge is 2.21. The number of fused-ring (bicyclic) bond motifs is 1. The van der Waals surface area contributed by atoms with E-state index >= 15 is 0 Å². The minimum absolute atomic E-state index is 0.0139. The maximum atomic E-state index is 11.9. The third-order valence-corrected chi connectivity index (χ3v) is 5.30. The Morgan fingerprint density at radius 1 is 0.625 bits per heavy atom. The van der Waals surface area contributed by atoms with E-state index in [1.54, 1.807) is 47.6 Å². The first-order valence-corrected chi connectivity index (χ1v) is 12.8. The van der Waals surface area contributed by atoms with Gasteiger partial charge < -0.3 is 28.4 Å². The quantitative estimate of drug-likeness (QED) is 0.160. The summed E-state index contributed by atoms with van der Waals surface area (Å²) < 4.78 is 34.2. The number of carbonyl (C=O) groups is 3. The van der Waals surface area contributed by atoms with Crippen molar-refractivity contribution in [1.29, 1.82) is 0 Å². The van der Waals surface area contributed by atoms with Gasteiger partial charge in [-0.2, -0.15) is 0 Å². The van der Waals surface area contributed by atoms with Crippen LogP contribution >= 0.6 is 0 Å². The fraction of sp³-hybridized carbons (Fsp3) is 0.387. The predicted octanol–water partition coefficient (Wildman–Crippen LogP) is 5.50. The molecule has 0 aliphatic rings. The molecule has 2 aromatic carbocycles. The van der Waals surface area contributed by atoms with Crippen LogP contribution in [0.4, 0.5) is 0 Å². The molecule has 0 saturated carbocycles. The molecule has 3 atom stereocenters. The van der Waals surface area contributed by atoms with Gasteiger partial charge in [-0.1, -0.05) is 44.0 Å². The maximum absolute atomic E-state index is 11.9. The van der Waals surface area contributed by atoms with Crippen LogP contribution in [0.25, 0.3) is 10.8 Å². The van der Waals surface area contributed by atoms with Crippen LogP contribution in [0.3, 0.4) is 0 Å². The molecule has 9 nitrogen and oxygen atoms in total. The molecule has 0 N–H and O–H groups in total. The Kier molecular flexibility index (Phi) is 11.8. The summed E-state index contributed by atoms with van der Waals surface area (Å²) in [4.78, 5) is 35.7. The highest BCUT2D eigenvalue weighted by atomic mass is 16.6. The van der Waals surface area contributed by atoms with Crippen molar-refractivity contribution in [3.05, 3.63) is 66.8 Å². The van der Waals surface area contributed by atoms with Crippen molar-refractivity contribution in [2.45, 2.75) is 59.9 Å². The minimum atomic E-state index is -0.593. The lowest BCUT2D eigenvalue weighted by Crippen LogP contribution is -2.24. The van der Waals surface area contributed by atoms with E-state index in [-0.39, 0.29) is 31.0 Å². The van der Waals surface area contributed by atoms with Crippen LogP contribution in [0.1, 0.15) is 41.5 Å². The Hall–Kier alpha value is -4.27. The average molecular weight is 555 g/mol. The van der Waals surface area contributed by atoms with E-state index in [4.69, 9.17) is 28.4 Å². The smallest absolute Gasteiger partial charge is 0.333 e. The standard InChI is InChI=1S/C31H38O9/c1-18(2)29(32)38-21(7)15-35-26-14-27(36-16-22(8)39-30(33)19(3)4)28(25-13-11-10-12-24(25)26)37-17-23(9)40-31(34)20(5)6/h10-14,21-23H,1,3,5,15-17H2,2,4,6-9H3. The lowest BCUT2D eigenvalue weighted by molar-refractivity contribution is -0.145. The summed E-state index contributed by atoms with van der Waals surface area (Å²) in [5.41, 5.74) is 0.848. The zero-order chi connectivity index (χ0) is 30.0. The minimum Gasteiger partial charge on any atom is -0.489 e. The van der Waals surface area contributed by atoms with Crippen LogP contribution in [-0.2, 0) is 28.6 Å². The Balaban J connectivity index is 2.37. The molecule has 0 heterocycles. The van der Waals surface area contributed by atoms with E-state index in [9.17, 15) is 14.4 Å². The summed E-state index contributed by atoms with van der Waals surface area (Å²) in [5.74, 6) is -0.381. The van der Waals surface area contributed by atoms with Gasteiger partial charge in [0.2, 0.25) is 0 Å². The van der Waals surface area contributed by atoms with Crippen molar-refractivity contribution in [2.24, 2.45) is 0 Å². The fourth-order valence-electron chi connectivity index (χ4n) is 3.23. The van der Waals surface area contributed by atoms with Crippen molar-refractivity contribution < 1.29 is 42.8 Å². The first-order valence-electron chi connectivity index (χ1n) is 12.8. The summed E-state index contributed by atoms with van der Waals surface area (Å²) in [6.07, 6.45) is -1.72. The molecule has 0 aromatic heterocycles. The van der Waals surface area contributed by atoms with Gasteiger partial charge in [0.05, 0.1) is 0 Å². The van der Waals surface area contributed by atoms with Crippen molar-refractivity contribution in [3.8, 4) is 17.2 Å². The molecule has 0 spiro atoms. The zero-order valence-electron chi connectivity index (χ0n) is 24.0. The molecular weight excluding hydrogens is 516 g/mol. The van der Waals surface area contributed by atoms with E-state index in [0.717, 1.165) is 5.39 Å². The molecule has 9 heteroatoms. The number of benzene rings is 2. The molecule has 0 amide bonds. The Labute approximate surface area is 235 Å². The van der Waals surface area contributed by atoms with Crippen molar-refractivity contribution in [3.63, 3.8) is 0 Å². The van der Waals surface area contributed by atoms with Crippen LogP contribution < -0.4 is 14.2 Å². The maximum Gasteiger partial charge on any atom is 0.333 e. The summed E-state index contributed by atoms with van der Waals surface area (Å²) in [5, 5.41) is 1.39. The lowest BCUT2D eigenvalue weighted by atomic mass is 10.1. The largest absolute Gasteiger partial charge is 0.489 e. The third kappa shape index (κ3) is 9.48. The van der Waals surface area contributed by atoms with Crippen LogP contribution in [0.2, 0.25) is 0 Å². The number of esters is 3. The first kappa shape index (κ1) is 31.9. The molecule has 2 rings (SSSR count). The Bertz CT molecular complexity index is 1280. The van der Waals surface area contributed by atoms with Crippen molar-refractivity contribution in [2.75, 3.05) is 19.8 Å². The Morgan fingerprint density at radius 2 is 1.00 bits per heavy atom. The molecular formula is C31H38O9. The molecule has 2 aromatic rings. The summed E-state index contributed by atoms with van der Waals surface area (Å²) in [7, 11) is 0. The van der Waals surface area contributed by atoms with Gasteiger partial charge in [0, 0.05) is 33.6 Å².